The van der Waals surface area contributed by atoms with E-state index in [9.17, 15) is 4.79 Å². The predicted molar refractivity (Wildman–Crippen MR) is 96.7 cm³/mol. The van der Waals surface area contributed by atoms with Crippen molar-refractivity contribution in [3.8, 4) is 5.75 Å². The maximum Gasteiger partial charge on any atom is 0.293 e. The van der Waals surface area contributed by atoms with E-state index in [2.05, 4.69) is 31.0 Å². The van der Waals surface area contributed by atoms with Crippen molar-refractivity contribution in [1.29, 1.82) is 0 Å². The summed E-state index contributed by atoms with van der Waals surface area (Å²) in [6.07, 6.45) is 0. The van der Waals surface area contributed by atoms with Crippen molar-refractivity contribution in [3.05, 3.63) is 51.5 Å². The predicted octanol–water partition coefficient (Wildman–Crippen LogP) is 2.78. The Bertz CT molecular complexity index is 954. The van der Waals surface area contributed by atoms with Crippen molar-refractivity contribution >= 4 is 27.6 Å². The van der Waals surface area contributed by atoms with Gasteiger partial charge in [-0.1, -0.05) is 15.9 Å². The summed E-state index contributed by atoms with van der Waals surface area (Å²) in [5, 5.41) is 4.29. The zero-order valence-corrected chi connectivity index (χ0v) is 16.0. The molecule has 1 aromatic carbocycles. The van der Waals surface area contributed by atoms with Crippen LogP contribution in [0.2, 0.25) is 0 Å². The molecule has 3 rings (SSSR count). The van der Waals surface area contributed by atoms with E-state index in [0.717, 1.165) is 27.2 Å². The van der Waals surface area contributed by atoms with Crippen LogP contribution >= 0.6 is 15.9 Å². The highest BCUT2D eigenvalue weighted by atomic mass is 79.9. The number of hydrogen-bond acceptors (Lipinski definition) is 5. The monoisotopic (exact) mass is 403 g/mol. The third-order valence-electron chi connectivity index (χ3n) is 3.81. The summed E-state index contributed by atoms with van der Waals surface area (Å²) in [6, 6.07) is 7.57. The molecule has 0 fully saturated rings. The van der Waals surface area contributed by atoms with Crippen LogP contribution in [-0.2, 0) is 6.54 Å². The van der Waals surface area contributed by atoms with Gasteiger partial charge in [0.15, 0.2) is 0 Å². The van der Waals surface area contributed by atoms with E-state index in [0.29, 0.717) is 12.3 Å². The van der Waals surface area contributed by atoms with Gasteiger partial charge in [0.25, 0.3) is 11.7 Å². The highest BCUT2D eigenvalue weighted by molar-refractivity contribution is 9.10. The largest absolute Gasteiger partial charge is 0.496 e. The van der Waals surface area contributed by atoms with E-state index in [1.165, 1.54) is 0 Å². The first-order valence-corrected chi connectivity index (χ1v) is 8.47. The number of carbonyl (C=O) groups excluding carboxylic acids is 1. The second kappa shape index (κ2) is 6.79. The lowest BCUT2D eigenvalue weighted by Crippen LogP contribution is -2.27. The van der Waals surface area contributed by atoms with Crippen LogP contribution in [0.1, 0.15) is 27.6 Å². The fourth-order valence-electron chi connectivity index (χ4n) is 2.63. The van der Waals surface area contributed by atoms with Crippen LogP contribution in [0.15, 0.2) is 28.7 Å². The number of halogens is 1. The first kappa shape index (κ1) is 17.3. The third-order valence-corrected chi connectivity index (χ3v) is 4.30. The highest BCUT2D eigenvalue weighted by Gasteiger charge is 2.20. The molecule has 0 aliphatic carbocycles. The Morgan fingerprint density at radius 2 is 2.04 bits per heavy atom. The van der Waals surface area contributed by atoms with E-state index in [4.69, 9.17) is 4.74 Å². The summed E-state index contributed by atoms with van der Waals surface area (Å²) in [5.41, 5.74) is 2.61. The number of benzene rings is 1. The zero-order chi connectivity index (χ0) is 18.1. The maximum atomic E-state index is 12.7. The van der Waals surface area contributed by atoms with Crippen LogP contribution in [0, 0.1) is 13.8 Å². The Labute approximate surface area is 153 Å². The number of rotatable bonds is 4. The average Bonchev–Trinajstić information content (AvgIpc) is 2.98. The van der Waals surface area contributed by atoms with Gasteiger partial charge in [-0.15, -0.1) is 5.10 Å². The molecule has 25 heavy (non-hydrogen) atoms. The summed E-state index contributed by atoms with van der Waals surface area (Å²) < 4.78 is 7.86. The van der Waals surface area contributed by atoms with Crippen molar-refractivity contribution in [3.63, 3.8) is 0 Å². The number of hydrogen-bond donors (Lipinski definition) is 0. The van der Waals surface area contributed by atoms with Crippen LogP contribution in [0.3, 0.4) is 0 Å². The first-order valence-electron chi connectivity index (χ1n) is 7.68. The Morgan fingerprint density at radius 1 is 1.28 bits per heavy atom. The normalized spacial score (nSPS) is 10.9. The second-order valence-electron chi connectivity index (χ2n) is 5.80. The van der Waals surface area contributed by atoms with Gasteiger partial charge in [-0.2, -0.15) is 4.98 Å². The maximum absolute atomic E-state index is 12.7. The van der Waals surface area contributed by atoms with Gasteiger partial charge in [0.2, 0.25) is 5.82 Å². The van der Waals surface area contributed by atoms with Crippen molar-refractivity contribution in [2.45, 2.75) is 20.4 Å². The van der Waals surface area contributed by atoms with E-state index in [1.54, 1.807) is 23.6 Å². The molecule has 0 unspecified atom stereocenters. The molecule has 0 saturated carbocycles. The Morgan fingerprint density at radius 3 is 2.76 bits per heavy atom. The number of nitrogens with zero attached hydrogens (tertiary/aromatic N) is 5. The van der Waals surface area contributed by atoms with Gasteiger partial charge in [0, 0.05) is 35.0 Å². The zero-order valence-electron chi connectivity index (χ0n) is 14.4. The van der Waals surface area contributed by atoms with Crippen molar-refractivity contribution in [1.82, 2.24) is 24.5 Å². The number of aromatic nitrogens is 4. The summed E-state index contributed by atoms with van der Waals surface area (Å²) >= 11 is 3.44. The molecule has 7 nitrogen and oxygen atoms in total. The molecule has 0 bridgehead atoms. The number of amides is 1. The molecule has 2 aromatic heterocycles. The van der Waals surface area contributed by atoms with Gasteiger partial charge in [-0.25, -0.2) is 9.50 Å². The van der Waals surface area contributed by atoms with E-state index >= 15 is 0 Å². The minimum absolute atomic E-state index is 0.123. The first-order chi connectivity index (χ1) is 11.9. The van der Waals surface area contributed by atoms with Gasteiger partial charge in [0.1, 0.15) is 5.75 Å². The summed E-state index contributed by atoms with van der Waals surface area (Å²) in [5.74, 6) is 0.996. The summed E-state index contributed by atoms with van der Waals surface area (Å²) in [4.78, 5) is 22.8. The van der Waals surface area contributed by atoms with Crippen LogP contribution < -0.4 is 4.74 Å². The van der Waals surface area contributed by atoms with Crippen LogP contribution in [0.5, 0.6) is 5.75 Å². The molecule has 3 aromatic rings. The SMILES string of the molecule is COc1ccc(Br)cc1CN(C)C(=O)c1nc2nc(C)cc(C)n2n1. The summed E-state index contributed by atoms with van der Waals surface area (Å²) in [7, 11) is 3.31. The minimum Gasteiger partial charge on any atom is -0.496 e. The quantitative estimate of drug-likeness (QED) is 0.669. The van der Waals surface area contributed by atoms with E-state index in [1.807, 2.05) is 38.1 Å². The van der Waals surface area contributed by atoms with Gasteiger partial charge >= 0.3 is 0 Å². The smallest absolute Gasteiger partial charge is 0.293 e. The lowest BCUT2D eigenvalue weighted by atomic mass is 10.2. The van der Waals surface area contributed by atoms with E-state index in [-0.39, 0.29) is 11.7 Å². The molecule has 130 valence electrons. The third kappa shape index (κ3) is 3.48. The van der Waals surface area contributed by atoms with Crippen molar-refractivity contribution < 1.29 is 9.53 Å². The van der Waals surface area contributed by atoms with Gasteiger partial charge < -0.3 is 9.64 Å². The average molecular weight is 404 g/mol. The molecule has 1 amide bonds. The number of ether oxygens (including phenoxy) is 1. The Kier molecular flexibility index (Phi) is 4.71. The van der Waals surface area contributed by atoms with Crippen molar-refractivity contribution in [2.75, 3.05) is 14.2 Å². The molecule has 0 N–H and O–H groups in total. The van der Waals surface area contributed by atoms with Crippen LogP contribution in [-0.4, -0.2) is 44.5 Å². The molecule has 0 saturated heterocycles. The molecule has 0 aliphatic rings. The molecular formula is C17H18BrN5O2. The molecule has 0 radical (unpaired) electrons. The minimum atomic E-state index is -0.274. The fraction of sp³-hybridized carbons (Fsp3) is 0.294. The number of carbonyl (C=O) groups is 1. The topological polar surface area (TPSA) is 72.6 Å². The standard InChI is InChI=1S/C17H18BrN5O2/c1-10-7-11(2)23-17(19-10)20-15(21-23)16(24)22(3)9-12-8-13(18)5-6-14(12)25-4/h5-8H,9H2,1-4H3. The fourth-order valence-corrected chi connectivity index (χ4v) is 3.03. The number of fused-ring (bicyclic) bond motifs is 1. The number of methoxy groups -OCH3 is 1. The molecule has 0 spiro atoms. The molecule has 8 heteroatoms. The van der Waals surface area contributed by atoms with Gasteiger partial charge in [-0.05, 0) is 38.1 Å². The molecule has 0 atom stereocenters. The van der Waals surface area contributed by atoms with Crippen LogP contribution in [0.4, 0.5) is 0 Å². The van der Waals surface area contributed by atoms with Gasteiger partial charge in [0.05, 0.1) is 7.11 Å². The number of aryl methyl sites for hydroxylation is 2. The Hall–Kier alpha value is -2.48. The van der Waals surface area contributed by atoms with Gasteiger partial charge in [-0.3, -0.25) is 4.79 Å². The second-order valence-corrected chi connectivity index (χ2v) is 6.72. The van der Waals surface area contributed by atoms with Crippen LogP contribution in [0.25, 0.3) is 5.78 Å². The summed E-state index contributed by atoms with van der Waals surface area (Å²) in [6.45, 7) is 4.16. The molecular weight excluding hydrogens is 386 g/mol. The van der Waals surface area contributed by atoms with Crippen molar-refractivity contribution in [2.24, 2.45) is 0 Å². The lowest BCUT2D eigenvalue weighted by Gasteiger charge is -2.17. The Balaban J connectivity index is 1.88. The lowest BCUT2D eigenvalue weighted by molar-refractivity contribution is 0.0772. The molecule has 2 heterocycles. The van der Waals surface area contributed by atoms with E-state index < -0.39 is 0 Å². The highest BCUT2D eigenvalue weighted by Crippen LogP contribution is 2.24. The molecule has 0 aliphatic heterocycles.